The van der Waals surface area contributed by atoms with Crippen molar-refractivity contribution < 1.29 is 15.2 Å². The lowest BCUT2D eigenvalue weighted by Crippen LogP contribution is -2.78. The maximum absolute atomic E-state index is 8.21. The van der Waals surface area contributed by atoms with E-state index in [9.17, 15) is 0 Å². The second-order valence-corrected chi connectivity index (χ2v) is 1.41. The number of rotatable bonds is 5. The zero-order chi connectivity index (χ0) is 6.24. The number of quaternary nitrogens is 1. The summed E-state index contributed by atoms with van der Waals surface area (Å²) in [5.41, 5.74) is 0. The molecular formula is C5H13NO2. The van der Waals surface area contributed by atoms with Crippen molar-refractivity contribution in [2.24, 2.45) is 0 Å². The predicted octanol–water partition coefficient (Wildman–Crippen LogP) is -1.65. The molecule has 0 aromatic carbocycles. The van der Waals surface area contributed by atoms with Gasteiger partial charge < -0.3 is 15.2 Å². The zero-order valence-electron chi connectivity index (χ0n) is 4.97. The van der Waals surface area contributed by atoms with Crippen LogP contribution < -0.4 is 5.32 Å². The smallest absolute Gasteiger partial charge is 0.0935 e. The van der Waals surface area contributed by atoms with Crippen molar-refractivity contribution in [2.75, 3.05) is 26.4 Å². The van der Waals surface area contributed by atoms with Gasteiger partial charge in [-0.25, -0.2) is 0 Å². The molecule has 0 saturated carbocycles. The quantitative estimate of drug-likeness (QED) is 0.336. The van der Waals surface area contributed by atoms with Crippen LogP contribution >= 0.6 is 0 Å². The highest BCUT2D eigenvalue weighted by Crippen LogP contribution is 1.66. The van der Waals surface area contributed by atoms with Gasteiger partial charge in [0.15, 0.2) is 0 Å². The van der Waals surface area contributed by atoms with Gasteiger partial charge in [-0.2, -0.15) is 7.05 Å². The van der Waals surface area contributed by atoms with Gasteiger partial charge in [-0.15, -0.1) is 0 Å². The molecule has 0 amide bonds. The van der Waals surface area contributed by atoms with E-state index in [0.717, 1.165) is 6.54 Å². The minimum absolute atomic E-state index is 0.108. The van der Waals surface area contributed by atoms with E-state index in [1.165, 1.54) is 0 Å². The Morgan fingerprint density at radius 3 is 2.75 bits per heavy atom. The molecule has 8 heavy (non-hydrogen) atoms. The Morgan fingerprint density at radius 1 is 1.50 bits per heavy atom. The lowest BCUT2D eigenvalue weighted by Gasteiger charge is -1.99. The van der Waals surface area contributed by atoms with Crippen molar-refractivity contribution in [2.45, 2.75) is 0 Å². The fourth-order valence-electron chi connectivity index (χ4n) is 0.333. The van der Waals surface area contributed by atoms with Crippen molar-refractivity contribution in [3.63, 3.8) is 0 Å². The molecule has 0 heterocycles. The first kappa shape index (κ1) is 7.88. The van der Waals surface area contributed by atoms with Gasteiger partial charge in [0, 0.05) is 0 Å². The standard InChI is InChI=1S/C5H13NO2/c1-6-2-4-8-5-3-7/h7H,1-6H2. The van der Waals surface area contributed by atoms with E-state index in [2.05, 4.69) is 7.05 Å². The van der Waals surface area contributed by atoms with E-state index in [0.29, 0.717) is 13.2 Å². The van der Waals surface area contributed by atoms with Gasteiger partial charge in [0.05, 0.1) is 26.4 Å². The maximum Gasteiger partial charge on any atom is 0.0935 e. The van der Waals surface area contributed by atoms with E-state index >= 15 is 0 Å². The summed E-state index contributed by atoms with van der Waals surface area (Å²) in [5.74, 6) is 0. The van der Waals surface area contributed by atoms with E-state index in [-0.39, 0.29) is 6.61 Å². The Kier molecular flexibility index (Phi) is 6.78. The molecule has 3 N–H and O–H groups in total. The molecule has 0 saturated heterocycles. The first-order valence-electron chi connectivity index (χ1n) is 2.71. The molecule has 0 atom stereocenters. The lowest BCUT2D eigenvalue weighted by atomic mass is 10.7. The fraction of sp³-hybridized carbons (Fsp3) is 0.800. The number of hydrogen-bond donors (Lipinski definition) is 2. The number of hydrogen-bond acceptors (Lipinski definition) is 2. The third-order valence-electron chi connectivity index (χ3n) is 0.702. The van der Waals surface area contributed by atoms with Crippen molar-refractivity contribution in [3.8, 4) is 0 Å². The summed E-state index contributed by atoms with van der Waals surface area (Å²) < 4.78 is 4.90. The van der Waals surface area contributed by atoms with Crippen LogP contribution in [-0.2, 0) is 4.74 Å². The molecule has 0 aliphatic heterocycles. The average Bonchev–Trinajstić information content (AvgIpc) is 1.81. The molecular weight excluding hydrogens is 106 g/mol. The molecule has 0 bridgehead atoms. The molecule has 3 heteroatoms. The normalized spacial score (nSPS) is 9.75. The Morgan fingerprint density at radius 2 is 2.25 bits per heavy atom. The Bertz CT molecular complexity index is 35.4. The van der Waals surface area contributed by atoms with Crippen molar-refractivity contribution in [1.82, 2.24) is 0 Å². The Balaban J connectivity index is 2.53. The van der Waals surface area contributed by atoms with Crippen LogP contribution in [0.4, 0.5) is 0 Å². The minimum Gasteiger partial charge on any atom is -0.477 e. The van der Waals surface area contributed by atoms with E-state index < -0.39 is 0 Å². The molecule has 0 aromatic rings. The lowest BCUT2D eigenvalue weighted by molar-refractivity contribution is -0.597. The SMILES string of the molecule is [CH2-][NH2+]CCOCCO. The number of nitrogens with two attached hydrogens (primary N) is 1. The van der Waals surface area contributed by atoms with Crippen LogP contribution in [0, 0.1) is 7.05 Å². The second-order valence-electron chi connectivity index (χ2n) is 1.41. The van der Waals surface area contributed by atoms with Crippen LogP contribution in [0.3, 0.4) is 0 Å². The Hall–Kier alpha value is -0.120. The summed E-state index contributed by atoms with van der Waals surface area (Å²) in [6.07, 6.45) is 0. The average molecular weight is 119 g/mol. The van der Waals surface area contributed by atoms with Gasteiger partial charge in [-0.3, -0.25) is 0 Å². The highest BCUT2D eigenvalue weighted by atomic mass is 16.5. The van der Waals surface area contributed by atoms with Gasteiger partial charge in [0.1, 0.15) is 0 Å². The molecule has 0 radical (unpaired) electrons. The molecule has 0 aliphatic rings. The summed E-state index contributed by atoms with van der Waals surface area (Å²) in [6, 6.07) is 0. The summed E-state index contributed by atoms with van der Waals surface area (Å²) in [6.45, 7) is 2.08. The van der Waals surface area contributed by atoms with E-state index in [4.69, 9.17) is 9.84 Å². The molecule has 0 aromatic heterocycles. The van der Waals surface area contributed by atoms with Crippen LogP contribution in [0.1, 0.15) is 0 Å². The second kappa shape index (κ2) is 6.88. The minimum atomic E-state index is 0.108. The molecule has 0 aliphatic carbocycles. The van der Waals surface area contributed by atoms with Gasteiger partial charge in [-0.1, -0.05) is 0 Å². The van der Waals surface area contributed by atoms with Gasteiger partial charge in [0.25, 0.3) is 0 Å². The molecule has 3 nitrogen and oxygen atoms in total. The Labute approximate surface area is 49.7 Å². The zero-order valence-corrected chi connectivity index (χ0v) is 4.97. The molecule has 0 fully saturated rings. The third kappa shape index (κ3) is 5.88. The van der Waals surface area contributed by atoms with Crippen LogP contribution in [-0.4, -0.2) is 31.5 Å². The third-order valence-corrected chi connectivity index (χ3v) is 0.702. The monoisotopic (exact) mass is 119 g/mol. The number of ether oxygens (including phenoxy) is 1. The van der Waals surface area contributed by atoms with Gasteiger partial charge in [0.2, 0.25) is 0 Å². The van der Waals surface area contributed by atoms with E-state index in [1.54, 1.807) is 5.32 Å². The number of aliphatic hydroxyl groups is 1. The van der Waals surface area contributed by atoms with Crippen LogP contribution in [0.2, 0.25) is 0 Å². The highest BCUT2D eigenvalue weighted by Gasteiger charge is 1.82. The van der Waals surface area contributed by atoms with Crippen LogP contribution in [0.15, 0.2) is 0 Å². The van der Waals surface area contributed by atoms with Crippen LogP contribution in [0.25, 0.3) is 0 Å². The van der Waals surface area contributed by atoms with Crippen molar-refractivity contribution in [3.05, 3.63) is 7.05 Å². The summed E-state index contributed by atoms with van der Waals surface area (Å²) in [4.78, 5) is 0. The fourth-order valence-corrected chi connectivity index (χ4v) is 0.333. The summed E-state index contributed by atoms with van der Waals surface area (Å²) in [5, 5.41) is 10.0. The molecule has 0 spiro atoms. The number of aliphatic hydroxyl groups excluding tert-OH is 1. The van der Waals surface area contributed by atoms with Crippen LogP contribution in [0.5, 0.6) is 0 Å². The maximum atomic E-state index is 8.21. The summed E-state index contributed by atoms with van der Waals surface area (Å²) >= 11 is 0. The largest absolute Gasteiger partial charge is 0.477 e. The molecule has 0 unspecified atom stereocenters. The molecule has 0 rings (SSSR count). The van der Waals surface area contributed by atoms with Gasteiger partial charge >= 0.3 is 0 Å². The highest BCUT2D eigenvalue weighted by molar-refractivity contribution is 4.24. The summed E-state index contributed by atoms with van der Waals surface area (Å²) in [7, 11) is 3.52. The molecule has 50 valence electrons. The van der Waals surface area contributed by atoms with Crippen molar-refractivity contribution >= 4 is 0 Å². The first-order valence-corrected chi connectivity index (χ1v) is 2.71. The van der Waals surface area contributed by atoms with E-state index in [1.807, 2.05) is 0 Å². The first-order chi connectivity index (χ1) is 3.91. The topological polar surface area (TPSA) is 46.1 Å². The van der Waals surface area contributed by atoms with Gasteiger partial charge in [-0.05, 0) is 0 Å². The van der Waals surface area contributed by atoms with Crippen molar-refractivity contribution in [1.29, 1.82) is 0 Å². The predicted molar refractivity (Wildman–Crippen MR) is 30.1 cm³/mol.